The van der Waals surface area contributed by atoms with E-state index in [9.17, 15) is 27.6 Å². The molecule has 5 rings (SSSR count). The number of benzene rings is 2. The molecule has 0 spiro atoms. The minimum absolute atomic E-state index is 0.0287. The second-order valence-electron chi connectivity index (χ2n) is 9.16. The maximum atomic E-state index is 13.7. The Bertz CT molecular complexity index is 1810. The fourth-order valence-corrected chi connectivity index (χ4v) is 4.55. The van der Waals surface area contributed by atoms with E-state index in [-0.39, 0.29) is 27.9 Å². The largest absolute Gasteiger partial charge is 0.416 e. The van der Waals surface area contributed by atoms with Crippen molar-refractivity contribution in [1.82, 2.24) is 19.2 Å². The number of hydrogen-bond donors (Lipinski definition) is 2. The van der Waals surface area contributed by atoms with Crippen LogP contribution >= 0.6 is 11.6 Å². The van der Waals surface area contributed by atoms with Gasteiger partial charge in [0.05, 0.1) is 35.1 Å². The van der Waals surface area contributed by atoms with Crippen LogP contribution in [0.25, 0.3) is 22.5 Å². The van der Waals surface area contributed by atoms with Gasteiger partial charge in [0.15, 0.2) is 5.82 Å². The molecule has 10 nitrogen and oxygen atoms in total. The van der Waals surface area contributed by atoms with Gasteiger partial charge >= 0.3 is 6.18 Å². The van der Waals surface area contributed by atoms with Crippen LogP contribution in [0, 0.1) is 0 Å². The van der Waals surface area contributed by atoms with Crippen LogP contribution in [0.1, 0.15) is 17.8 Å². The predicted molar refractivity (Wildman–Crippen MR) is 150 cm³/mol. The van der Waals surface area contributed by atoms with Crippen LogP contribution in [0.5, 0.6) is 0 Å². The third-order valence-corrected chi connectivity index (χ3v) is 6.66. The summed E-state index contributed by atoms with van der Waals surface area (Å²) in [6.45, 7) is 3.84. The molecule has 2 N–H and O–H groups in total. The van der Waals surface area contributed by atoms with Gasteiger partial charge in [0, 0.05) is 17.4 Å². The second-order valence-corrected chi connectivity index (χ2v) is 9.56. The minimum Gasteiger partial charge on any atom is -0.377 e. The average Bonchev–Trinajstić information content (AvgIpc) is 3.42. The van der Waals surface area contributed by atoms with E-state index in [2.05, 4.69) is 27.3 Å². The zero-order valence-electron chi connectivity index (χ0n) is 21.7. The molecule has 2 amide bonds. The number of para-hydroxylation sites is 1. The summed E-state index contributed by atoms with van der Waals surface area (Å²) in [6.07, 6.45) is 0.202. The van der Waals surface area contributed by atoms with E-state index >= 15 is 0 Å². The smallest absolute Gasteiger partial charge is 0.377 e. The summed E-state index contributed by atoms with van der Waals surface area (Å²) >= 11 is 6.02. The first-order valence-electron chi connectivity index (χ1n) is 12.5. The SMILES string of the molecule is C=CC(=O)Nc1ccccc1-c1cn(CC(=O)Nc2ccc(C(F)(F)F)cc2Cl)c2nc(C3=CCOCC3)nn2c1=O. The molecule has 0 atom stereocenters. The summed E-state index contributed by atoms with van der Waals surface area (Å²) in [5.74, 6) is -0.824. The minimum atomic E-state index is -4.60. The van der Waals surface area contributed by atoms with Crippen molar-refractivity contribution in [2.45, 2.75) is 19.1 Å². The molecule has 0 fully saturated rings. The Morgan fingerprint density at radius 1 is 1.12 bits per heavy atom. The highest BCUT2D eigenvalue weighted by Crippen LogP contribution is 2.34. The number of alkyl halides is 3. The van der Waals surface area contributed by atoms with E-state index < -0.39 is 35.7 Å². The van der Waals surface area contributed by atoms with Gasteiger partial charge in [-0.05, 0) is 42.3 Å². The number of halogens is 4. The lowest BCUT2D eigenvalue weighted by molar-refractivity contribution is -0.137. The van der Waals surface area contributed by atoms with E-state index in [1.165, 1.54) is 10.8 Å². The zero-order chi connectivity index (χ0) is 30.0. The lowest BCUT2D eigenvalue weighted by Gasteiger charge is -2.14. The summed E-state index contributed by atoms with van der Waals surface area (Å²) < 4.78 is 46.9. The number of rotatable bonds is 7. The molecule has 0 aliphatic carbocycles. The number of amides is 2. The van der Waals surface area contributed by atoms with Crippen LogP contribution in [-0.2, 0) is 27.0 Å². The van der Waals surface area contributed by atoms with Crippen LogP contribution in [0.3, 0.4) is 0 Å². The highest BCUT2D eigenvalue weighted by molar-refractivity contribution is 6.33. The van der Waals surface area contributed by atoms with E-state index in [0.29, 0.717) is 37.0 Å². The van der Waals surface area contributed by atoms with Crippen LogP contribution in [0.4, 0.5) is 24.5 Å². The number of carbonyl (C=O) groups is 2. The van der Waals surface area contributed by atoms with Gasteiger partial charge in [-0.1, -0.05) is 42.5 Å². The van der Waals surface area contributed by atoms with Crippen molar-refractivity contribution in [3.8, 4) is 11.1 Å². The number of hydrogen-bond acceptors (Lipinski definition) is 6. The first kappa shape index (κ1) is 28.8. The van der Waals surface area contributed by atoms with Gasteiger partial charge in [0.25, 0.3) is 5.56 Å². The normalized spacial score (nSPS) is 13.5. The molecule has 3 heterocycles. The maximum absolute atomic E-state index is 13.7. The summed E-state index contributed by atoms with van der Waals surface area (Å²) in [5.41, 5.74) is -0.0194. The Kier molecular flexibility index (Phi) is 7.96. The molecule has 2 aromatic carbocycles. The van der Waals surface area contributed by atoms with Crippen LogP contribution in [0.2, 0.25) is 5.02 Å². The van der Waals surface area contributed by atoms with Crippen molar-refractivity contribution >= 4 is 46.1 Å². The van der Waals surface area contributed by atoms with Crippen molar-refractivity contribution in [1.29, 1.82) is 0 Å². The van der Waals surface area contributed by atoms with Crippen molar-refractivity contribution in [3.63, 3.8) is 0 Å². The molecular weight excluding hydrogens is 577 g/mol. The van der Waals surface area contributed by atoms with Gasteiger partial charge < -0.3 is 19.9 Å². The van der Waals surface area contributed by atoms with E-state index in [1.807, 2.05) is 0 Å². The first-order valence-corrected chi connectivity index (χ1v) is 12.9. The third kappa shape index (κ3) is 5.97. The van der Waals surface area contributed by atoms with Crippen LogP contribution in [-0.4, -0.2) is 44.2 Å². The molecule has 0 radical (unpaired) electrons. The van der Waals surface area contributed by atoms with Crippen molar-refractivity contribution in [2.75, 3.05) is 23.8 Å². The summed E-state index contributed by atoms with van der Waals surface area (Å²) in [7, 11) is 0. The second kappa shape index (κ2) is 11.6. The lowest BCUT2D eigenvalue weighted by Crippen LogP contribution is -2.25. The fraction of sp³-hybridized carbons (Fsp3) is 0.179. The zero-order valence-corrected chi connectivity index (χ0v) is 22.5. The average molecular weight is 599 g/mol. The van der Waals surface area contributed by atoms with Gasteiger partial charge in [-0.2, -0.15) is 22.7 Å². The Labute approximate surface area is 241 Å². The fourth-order valence-electron chi connectivity index (χ4n) is 4.32. The topological polar surface area (TPSA) is 120 Å². The Hall–Kier alpha value is -4.75. The molecule has 2 aromatic heterocycles. The predicted octanol–water partition coefficient (Wildman–Crippen LogP) is 4.80. The van der Waals surface area contributed by atoms with E-state index in [1.54, 1.807) is 30.3 Å². The molecule has 14 heteroatoms. The third-order valence-electron chi connectivity index (χ3n) is 6.35. The highest BCUT2D eigenvalue weighted by atomic mass is 35.5. The number of aromatic nitrogens is 4. The molecule has 0 bridgehead atoms. The highest BCUT2D eigenvalue weighted by Gasteiger charge is 2.31. The monoisotopic (exact) mass is 598 g/mol. The summed E-state index contributed by atoms with van der Waals surface area (Å²) in [5, 5.41) is 9.27. The molecule has 216 valence electrons. The number of nitrogens with zero attached hydrogens (tertiary/aromatic N) is 4. The molecular formula is C28H22ClF3N6O4. The molecule has 1 aliphatic rings. The van der Waals surface area contributed by atoms with Gasteiger partial charge in [-0.25, -0.2) is 0 Å². The molecule has 42 heavy (non-hydrogen) atoms. The van der Waals surface area contributed by atoms with Gasteiger partial charge in [-0.3, -0.25) is 14.4 Å². The van der Waals surface area contributed by atoms with E-state index in [0.717, 1.165) is 28.3 Å². The van der Waals surface area contributed by atoms with Crippen molar-refractivity contribution in [3.05, 3.63) is 94.2 Å². The number of anilines is 2. The van der Waals surface area contributed by atoms with E-state index in [4.69, 9.17) is 16.3 Å². The van der Waals surface area contributed by atoms with Crippen LogP contribution < -0.4 is 16.2 Å². The van der Waals surface area contributed by atoms with Crippen molar-refractivity contribution < 1.29 is 27.5 Å². The molecule has 0 unspecified atom stereocenters. The first-order chi connectivity index (χ1) is 20.0. The van der Waals surface area contributed by atoms with Gasteiger partial charge in [-0.15, -0.1) is 5.10 Å². The Morgan fingerprint density at radius 3 is 2.60 bits per heavy atom. The molecule has 0 saturated heterocycles. The van der Waals surface area contributed by atoms with Crippen LogP contribution in [0.15, 0.2) is 72.2 Å². The summed E-state index contributed by atoms with van der Waals surface area (Å²) in [4.78, 5) is 43.3. The van der Waals surface area contributed by atoms with Gasteiger partial charge in [0.2, 0.25) is 17.6 Å². The van der Waals surface area contributed by atoms with Crippen molar-refractivity contribution in [2.24, 2.45) is 0 Å². The molecule has 1 aliphatic heterocycles. The molecule has 0 saturated carbocycles. The number of carbonyl (C=O) groups excluding carboxylic acids is 2. The summed E-state index contributed by atoms with van der Waals surface area (Å²) in [6, 6.07) is 9.14. The van der Waals surface area contributed by atoms with Gasteiger partial charge in [0.1, 0.15) is 6.54 Å². The Balaban J connectivity index is 1.58. The maximum Gasteiger partial charge on any atom is 0.416 e. The lowest BCUT2D eigenvalue weighted by atomic mass is 10.1. The number of fused-ring (bicyclic) bond motifs is 1. The standard InChI is InChI=1S/C28H22ClF3N6O4/c1-2-23(39)33-21-6-4-3-5-18(21)19-14-37(15-24(40)34-22-8-7-17(13-20(22)29)28(30,31)32)27-35-25(36-38(27)26(19)41)16-9-11-42-12-10-16/h2-9,13-14H,1,10-12,15H2,(H,33,39)(H,34,40). The number of nitrogens with one attached hydrogen (secondary N) is 2. The molecule has 4 aromatic rings. The Morgan fingerprint density at radius 2 is 1.90 bits per heavy atom. The quantitative estimate of drug-likeness (QED) is 0.295. The number of ether oxygens (including phenoxy) is 1.